The van der Waals surface area contributed by atoms with Gasteiger partial charge in [-0.25, -0.2) is 9.59 Å². The number of carbonyl (C=O) groups excluding carboxylic acids is 2. The minimum atomic E-state index is -0.509. The highest BCUT2D eigenvalue weighted by Crippen LogP contribution is 2.32. The fraction of sp³-hybridized carbons (Fsp3) is 0.333. The highest BCUT2D eigenvalue weighted by atomic mass is 19.1. The first-order valence-electron chi connectivity index (χ1n) is 14.7. The van der Waals surface area contributed by atoms with Crippen LogP contribution in [0.4, 0.5) is 4.39 Å². The highest BCUT2D eigenvalue weighted by Gasteiger charge is 2.11. The Morgan fingerprint density at radius 2 is 1.13 bits per heavy atom. The lowest BCUT2D eigenvalue weighted by Crippen LogP contribution is -2.15. The summed E-state index contributed by atoms with van der Waals surface area (Å²) >= 11 is 0. The molecule has 240 valence electrons. The molecule has 0 fully saturated rings. The molecule has 0 unspecified atom stereocenters. The van der Waals surface area contributed by atoms with Crippen LogP contribution in [0.3, 0.4) is 0 Å². The number of hydrogen-bond donors (Lipinski definition) is 0. The first-order valence-corrected chi connectivity index (χ1v) is 14.7. The SMILES string of the molecule is C=C(COC)C(=O)OCCOc1ccc(-c2ccc(-c3ccc(OCCOC(=O)C(=C)COC)cc3)c(CCCCF)c2)cc1. The number of methoxy groups -OCH3 is 2. The molecule has 0 amide bonds. The number of aryl methyl sites for hydroxylation is 1. The summed E-state index contributed by atoms with van der Waals surface area (Å²) in [5.74, 6) is 0.289. The Kier molecular flexibility index (Phi) is 14.8. The summed E-state index contributed by atoms with van der Waals surface area (Å²) in [6.07, 6.45) is 1.98. The summed E-state index contributed by atoms with van der Waals surface area (Å²) in [5.41, 5.74) is 5.75. The van der Waals surface area contributed by atoms with Gasteiger partial charge < -0.3 is 28.4 Å². The van der Waals surface area contributed by atoms with Gasteiger partial charge in [0, 0.05) is 14.2 Å². The van der Waals surface area contributed by atoms with Gasteiger partial charge in [0.1, 0.15) is 37.9 Å². The quantitative estimate of drug-likeness (QED) is 0.0797. The molecular formula is C36H41FO8. The largest absolute Gasteiger partial charge is 0.490 e. The smallest absolute Gasteiger partial charge is 0.335 e. The van der Waals surface area contributed by atoms with E-state index in [4.69, 9.17) is 28.4 Å². The standard InChI is InChI=1S/C36H41FO8/c1-26(24-40-3)35(38)44-21-19-42-32-13-8-28(9-14-32)30-12-17-34(31(23-30)7-5-6-18-37)29-10-15-33(16-11-29)43-20-22-45-36(39)27(2)25-41-4/h8-17,23H,1-2,5-7,18-22,24-25H2,3-4H3. The molecule has 0 aromatic heterocycles. The summed E-state index contributed by atoms with van der Waals surface area (Å²) in [6.45, 7) is 7.74. The average molecular weight is 621 g/mol. The van der Waals surface area contributed by atoms with Gasteiger partial charge in [-0.3, -0.25) is 4.39 Å². The van der Waals surface area contributed by atoms with Gasteiger partial charge in [0.2, 0.25) is 0 Å². The van der Waals surface area contributed by atoms with Crippen LogP contribution in [0, 0.1) is 0 Å². The number of hydrogen-bond acceptors (Lipinski definition) is 8. The van der Waals surface area contributed by atoms with Gasteiger partial charge in [-0.1, -0.05) is 55.6 Å². The Labute approximate surface area is 264 Å². The maximum absolute atomic E-state index is 12.9. The van der Waals surface area contributed by atoms with E-state index in [2.05, 4.69) is 31.4 Å². The van der Waals surface area contributed by atoms with E-state index < -0.39 is 11.9 Å². The lowest BCUT2D eigenvalue weighted by molar-refractivity contribution is -0.141. The van der Waals surface area contributed by atoms with Crippen LogP contribution in [-0.4, -0.2) is 72.5 Å². The zero-order valence-electron chi connectivity index (χ0n) is 26.0. The first-order chi connectivity index (χ1) is 21.9. The van der Waals surface area contributed by atoms with Crippen molar-refractivity contribution in [3.05, 3.63) is 96.6 Å². The number of benzene rings is 3. The van der Waals surface area contributed by atoms with Crippen LogP contribution < -0.4 is 9.47 Å². The van der Waals surface area contributed by atoms with Crippen LogP contribution in [0.15, 0.2) is 91.0 Å². The zero-order valence-corrected chi connectivity index (χ0v) is 26.0. The van der Waals surface area contributed by atoms with Crippen molar-refractivity contribution in [2.75, 3.05) is 60.5 Å². The molecule has 0 aliphatic carbocycles. The maximum atomic E-state index is 12.9. The van der Waals surface area contributed by atoms with Crippen molar-refractivity contribution in [2.45, 2.75) is 19.3 Å². The second kappa shape index (κ2) is 19.0. The number of rotatable bonds is 20. The van der Waals surface area contributed by atoms with Crippen LogP contribution in [0.1, 0.15) is 18.4 Å². The van der Waals surface area contributed by atoms with Gasteiger partial charge in [-0.15, -0.1) is 0 Å². The van der Waals surface area contributed by atoms with Gasteiger partial charge in [0.05, 0.1) is 31.0 Å². The molecule has 3 aromatic carbocycles. The molecule has 0 saturated carbocycles. The minimum absolute atomic E-state index is 0.0951. The molecule has 0 heterocycles. The van der Waals surface area contributed by atoms with Crippen LogP contribution >= 0.6 is 0 Å². The molecule has 0 atom stereocenters. The second-order valence-corrected chi connectivity index (χ2v) is 10.1. The molecular weight excluding hydrogens is 579 g/mol. The van der Waals surface area contributed by atoms with Crippen molar-refractivity contribution in [3.8, 4) is 33.8 Å². The number of carbonyl (C=O) groups is 2. The van der Waals surface area contributed by atoms with E-state index in [1.807, 2.05) is 48.5 Å². The zero-order chi connectivity index (χ0) is 32.4. The number of unbranched alkanes of at least 4 members (excludes halogenated alkanes) is 1. The van der Waals surface area contributed by atoms with Crippen molar-refractivity contribution in [3.63, 3.8) is 0 Å². The van der Waals surface area contributed by atoms with Crippen LogP contribution in [0.5, 0.6) is 11.5 Å². The Morgan fingerprint density at radius 1 is 0.644 bits per heavy atom. The molecule has 0 bridgehead atoms. The van der Waals surface area contributed by atoms with Gasteiger partial charge in [-0.2, -0.15) is 0 Å². The van der Waals surface area contributed by atoms with E-state index in [-0.39, 0.29) is 57.5 Å². The van der Waals surface area contributed by atoms with Crippen LogP contribution in [-0.2, 0) is 35.0 Å². The lowest BCUT2D eigenvalue weighted by atomic mass is 9.92. The van der Waals surface area contributed by atoms with Crippen LogP contribution in [0.2, 0.25) is 0 Å². The van der Waals surface area contributed by atoms with E-state index in [1.54, 1.807) is 0 Å². The molecule has 3 aromatic rings. The van der Waals surface area contributed by atoms with E-state index >= 15 is 0 Å². The van der Waals surface area contributed by atoms with E-state index in [1.165, 1.54) is 14.2 Å². The summed E-state index contributed by atoms with van der Waals surface area (Å²) in [5, 5.41) is 0. The van der Waals surface area contributed by atoms with Gasteiger partial charge in [0.25, 0.3) is 0 Å². The normalized spacial score (nSPS) is 10.6. The van der Waals surface area contributed by atoms with Crippen molar-refractivity contribution in [1.29, 1.82) is 0 Å². The summed E-state index contributed by atoms with van der Waals surface area (Å²) in [7, 11) is 2.97. The summed E-state index contributed by atoms with van der Waals surface area (Å²) in [4.78, 5) is 23.6. The topological polar surface area (TPSA) is 89.5 Å². The third-order valence-electron chi connectivity index (χ3n) is 6.67. The fourth-order valence-electron chi connectivity index (χ4n) is 4.40. The van der Waals surface area contributed by atoms with Gasteiger partial charge in [-0.05, 0) is 71.3 Å². The molecule has 45 heavy (non-hydrogen) atoms. The fourth-order valence-corrected chi connectivity index (χ4v) is 4.40. The minimum Gasteiger partial charge on any atom is -0.490 e. The Bertz CT molecular complexity index is 1400. The van der Waals surface area contributed by atoms with Crippen molar-refractivity contribution >= 4 is 11.9 Å². The number of ether oxygens (including phenoxy) is 6. The Hall–Kier alpha value is -4.47. The summed E-state index contributed by atoms with van der Waals surface area (Å²) in [6, 6.07) is 21.7. The number of halogens is 1. The molecule has 0 aliphatic heterocycles. The molecule has 0 N–H and O–H groups in total. The van der Waals surface area contributed by atoms with Gasteiger partial charge in [0.15, 0.2) is 0 Å². The number of alkyl halides is 1. The lowest BCUT2D eigenvalue weighted by Gasteiger charge is -2.14. The molecule has 0 spiro atoms. The molecule has 9 heteroatoms. The summed E-state index contributed by atoms with van der Waals surface area (Å²) < 4.78 is 44.4. The van der Waals surface area contributed by atoms with E-state index in [0.717, 1.165) is 40.7 Å². The van der Waals surface area contributed by atoms with Crippen molar-refractivity contribution < 1.29 is 42.4 Å². The predicted molar refractivity (Wildman–Crippen MR) is 171 cm³/mol. The molecule has 0 saturated heterocycles. The van der Waals surface area contributed by atoms with E-state index in [9.17, 15) is 14.0 Å². The Morgan fingerprint density at radius 3 is 1.62 bits per heavy atom. The van der Waals surface area contributed by atoms with Crippen LogP contribution in [0.25, 0.3) is 22.3 Å². The predicted octanol–water partition coefficient (Wildman–Crippen LogP) is 6.56. The molecule has 3 rings (SSSR count). The molecule has 8 nitrogen and oxygen atoms in total. The average Bonchev–Trinajstić information content (AvgIpc) is 3.06. The monoisotopic (exact) mass is 620 g/mol. The molecule has 0 radical (unpaired) electrons. The highest BCUT2D eigenvalue weighted by molar-refractivity contribution is 5.88. The van der Waals surface area contributed by atoms with Crippen molar-refractivity contribution in [1.82, 2.24) is 0 Å². The van der Waals surface area contributed by atoms with Crippen molar-refractivity contribution in [2.24, 2.45) is 0 Å². The molecule has 0 aliphatic rings. The first kappa shape index (κ1) is 35.0. The number of esters is 2. The van der Waals surface area contributed by atoms with Gasteiger partial charge >= 0.3 is 11.9 Å². The Balaban J connectivity index is 1.61. The van der Waals surface area contributed by atoms with E-state index in [0.29, 0.717) is 17.9 Å². The third-order valence-corrected chi connectivity index (χ3v) is 6.67. The second-order valence-electron chi connectivity index (χ2n) is 10.1. The third kappa shape index (κ3) is 11.5. The maximum Gasteiger partial charge on any atom is 0.335 e.